The number of allylic oxidation sites excluding steroid dienone is 1. The Morgan fingerprint density at radius 2 is 2.00 bits per heavy atom. The van der Waals surface area contributed by atoms with Crippen LogP contribution in [0.3, 0.4) is 0 Å². The number of aromatic amines is 1. The van der Waals surface area contributed by atoms with Crippen molar-refractivity contribution in [2.24, 2.45) is 0 Å². The lowest BCUT2D eigenvalue weighted by Gasteiger charge is -2.22. The molecule has 1 aliphatic rings. The Hall–Kier alpha value is -1.99. The molecular formula is C20H20ClN3O2S. The predicted molar refractivity (Wildman–Crippen MR) is 111 cm³/mol. The summed E-state index contributed by atoms with van der Waals surface area (Å²) < 4.78 is 14.4. The molecule has 0 fully saturated rings. The van der Waals surface area contributed by atoms with Gasteiger partial charge in [-0.3, -0.25) is 0 Å². The highest BCUT2D eigenvalue weighted by Gasteiger charge is 2.18. The highest BCUT2D eigenvalue weighted by atomic mass is 35.5. The fourth-order valence-electron chi connectivity index (χ4n) is 3.50. The highest BCUT2D eigenvalue weighted by molar-refractivity contribution is 7.88. The Bertz CT molecular complexity index is 998. The standard InChI is InChI=1S/C20H20ClN3O2S/c1-27(26)24-15-8-6-13(7-9-15)12-2-4-14(5-3-12)20-16(21)10-17-18(23-20)11-19(25)22-17/h2-6,10-11,15,22,24-25H,7-9H2,1H3. The lowest BCUT2D eigenvalue weighted by atomic mass is 9.90. The molecule has 1 aromatic carbocycles. The molecule has 2 aromatic heterocycles. The first-order valence-electron chi connectivity index (χ1n) is 8.77. The molecule has 0 bridgehead atoms. The van der Waals surface area contributed by atoms with Crippen LogP contribution in [0.5, 0.6) is 5.88 Å². The number of nitrogens with zero attached hydrogens (tertiary/aromatic N) is 1. The van der Waals surface area contributed by atoms with Crippen LogP contribution in [0, 0.1) is 0 Å². The molecule has 1 aliphatic carbocycles. The van der Waals surface area contributed by atoms with E-state index in [0.717, 1.165) is 24.8 Å². The summed E-state index contributed by atoms with van der Waals surface area (Å²) in [4.78, 5) is 7.39. The molecule has 140 valence electrons. The van der Waals surface area contributed by atoms with Gasteiger partial charge in [0.1, 0.15) is 6.26 Å². The first kappa shape index (κ1) is 18.4. The first-order chi connectivity index (χ1) is 13.0. The number of hydrogen-bond acceptors (Lipinski definition) is 4. The molecule has 0 spiro atoms. The minimum Gasteiger partial charge on any atom is -0.598 e. The number of pyridine rings is 1. The third kappa shape index (κ3) is 3.99. The van der Waals surface area contributed by atoms with Gasteiger partial charge in [0.15, 0.2) is 5.88 Å². The maximum Gasteiger partial charge on any atom is 0.190 e. The van der Waals surface area contributed by atoms with Crippen LogP contribution in [-0.4, -0.2) is 31.9 Å². The number of hydrogen-bond donors (Lipinski definition) is 3. The molecular weight excluding hydrogens is 382 g/mol. The minimum absolute atomic E-state index is 0.0741. The second-order valence-corrected chi connectivity index (χ2v) is 8.31. The van der Waals surface area contributed by atoms with Crippen molar-refractivity contribution < 1.29 is 9.66 Å². The third-order valence-corrected chi connectivity index (χ3v) is 5.77. The van der Waals surface area contributed by atoms with Crippen LogP contribution in [0.25, 0.3) is 27.9 Å². The molecule has 3 N–H and O–H groups in total. The maximum atomic E-state index is 11.3. The molecule has 5 nitrogen and oxygen atoms in total. The molecule has 3 aromatic rings. The van der Waals surface area contributed by atoms with Gasteiger partial charge in [0.05, 0.1) is 27.8 Å². The summed E-state index contributed by atoms with van der Waals surface area (Å²) in [5.41, 5.74) is 5.52. The molecule has 27 heavy (non-hydrogen) atoms. The summed E-state index contributed by atoms with van der Waals surface area (Å²) >= 11 is 5.41. The Labute approximate surface area is 165 Å². The molecule has 2 unspecified atom stereocenters. The number of halogens is 1. The lowest BCUT2D eigenvalue weighted by molar-refractivity contribution is 0.458. The Morgan fingerprint density at radius 3 is 2.67 bits per heavy atom. The molecule has 7 heteroatoms. The van der Waals surface area contributed by atoms with E-state index in [0.29, 0.717) is 21.7 Å². The van der Waals surface area contributed by atoms with Crippen molar-refractivity contribution >= 4 is 39.6 Å². The number of benzene rings is 1. The number of fused-ring (bicyclic) bond motifs is 1. The van der Waals surface area contributed by atoms with E-state index in [2.05, 4.69) is 32.9 Å². The predicted octanol–water partition coefficient (Wildman–Crippen LogP) is 4.41. The normalized spacial score (nSPS) is 18.5. The number of rotatable bonds is 4. The van der Waals surface area contributed by atoms with E-state index in [4.69, 9.17) is 11.6 Å². The van der Waals surface area contributed by atoms with E-state index < -0.39 is 11.4 Å². The zero-order valence-electron chi connectivity index (χ0n) is 14.8. The maximum absolute atomic E-state index is 11.3. The van der Waals surface area contributed by atoms with Crippen LogP contribution in [0.15, 0.2) is 42.5 Å². The number of aromatic hydroxyl groups is 1. The van der Waals surface area contributed by atoms with Gasteiger partial charge in [-0.05, 0) is 36.5 Å². The van der Waals surface area contributed by atoms with E-state index in [1.807, 2.05) is 12.1 Å². The van der Waals surface area contributed by atoms with Crippen molar-refractivity contribution in [3.8, 4) is 17.1 Å². The van der Waals surface area contributed by atoms with Gasteiger partial charge in [0, 0.05) is 23.0 Å². The average Bonchev–Trinajstić information content (AvgIpc) is 3.00. The van der Waals surface area contributed by atoms with Crippen molar-refractivity contribution in [3.63, 3.8) is 0 Å². The van der Waals surface area contributed by atoms with Crippen LogP contribution in [-0.2, 0) is 11.4 Å². The lowest BCUT2D eigenvalue weighted by Crippen LogP contribution is -2.34. The van der Waals surface area contributed by atoms with Crippen molar-refractivity contribution in [2.45, 2.75) is 25.3 Å². The molecule has 4 rings (SSSR count). The van der Waals surface area contributed by atoms with E-state index in [-0.39, 0.29) is 11.9 Å². The van der Waals surface area contributed by atoms with Crippen molar-refractivity contribution in [1.82, 2.24) is 14.7 Å². The zero-order valence-corrected chi connectivity index (χ0v) is 16.4. The number of H-pyrrole nitrogens is 1. The second kappa shape index (κ2) is 7.56. The van der Waals surface area contributed by atoms with Crippen molar-refractivity contribution in [2.75, 3.05) is 6.26 Å². The average molecular weight is 402 g/mol. The van der Waals surface area contributed by atoms with Crippen LogP contribution in [0.4, 0.5) is 0 Å². The fourth-order valence-corrected chi connectivity index (χ4v) is 4.44. The second-order valence-electron chi connectivity index (χ2n) is 6.76. The Morgan fingerprint density at radius 1 is 1.26 bits per heavy atom. The van der Waals surface area contributed by atoms with E-state index in [9.17, 15) is 9.66 Å². The summed E-state index contributed by atoms with van der Waals surface area (Å²) in [5, 5.41) is 10.1. The van der Waals surface area contributed by atoms with Crippen LogP contribution in [0.1, 0.15) is 24.8 Å². The zero-order chi connectivity index (χ0) is 19.0. The summed E-state index contributed by atoms with van der Waals surface area (Å²) in [6.45, 7) is 0. The third-order valence-electron chi connectivity index (χ3n) is 4.81. The van der Waals surface area contributed by atoms with Gasteiger partial charge < -0.3 is 14.6 Å². The molecule has 0 saturated carbocycles. The van der Waals surface area contributed by atoms with Gasteiger partial charge in [-0.1, -0.05) is 41.9 Å². The van der Waals surface area contributed by atoms with Crippen molar-refractivity contribution in [3.05, 3.63) is 53.1 Å². The fraction of sp³-hybridized carbons (Fsp3) is 0.250. The van der Waals surface area contributed by atoms with Gasteiger partial charge in [-0.15, -0.1) is 4.72 Å². The highest BCUT2D eigenvalue weighted by Crippen LogP contribution is 2.33. The summed E-state index contributed by atoms with van der Waals surface area (Å²) in [7, 11) is 0. The quantitative estimate of drug-likeness (QED) is 0.565. The summed E-state index contributed by atoms with van der Waals surface area (Å²) in [5.74, 6) is 0.0741. The monoisotopic (exact) mass is 401 g/mol. The smallest absolute Gasteiger partial charge is 0.190 e. The minimum atomic E-state index is -0.971. The largest absolute Gasteiger partial charge is 0.598 e. The van der Waals surface area contributed by atoms with Gasteiger partial charge in [0.25, 0.3) is 0 Å². The molecule has 2 atom stereocenters. The van der Waals surface area contributed by atoms with E-state index in [1.165, 1.54) is 11.1 Å². The molecule has 2 heterocycles. The van der Waals surface area contributed by atoms with Gasteiger partial charge in [-0.25, -0.2) is 4.98 Å². The van der Waals surface area contributed by atoms with E-state index >= 15 is 0 Å². The SMILES string of the molecule is C[S+]([O-])NC1CC=C(c2ccc(-c3nc4cc(O)[nH]c4cc3Cl)cc2)CC1. The first-order valence-corrected chi connectivity index (χ1v) is 10.7. The summed E-state index contributed by atoms with van der Waals surface area (Å²) in [6.07, 6.45) is 6.72. The van der Waals surface area contributed by atoms with Crippen molar-refractivity contribution in [1.29, 1.82) is 0 Å². The van der Waals surface area contributed by atoms with Gasteiger partial charge >= 0.3 is 0 Å². The summed E-state index contributed by atoms with van der Waals surface area (Å²) in [6, 6.07) is 11.9. The Kier molecular flexibility index (Phi) is 5.14. The van der Waals surface area contributed by atoms with Crippen LogP contribution >= 0.6 is 11.6 Å². The molecule has 0 saturated heterocycles. The Balaban J connectivity index is 1.56. The van der Waals surface area contributed by atoms with Gasteiger partial charge in [-0.2, -0.15) is 0 Å². The number of nitrogens with one attached hydrogen (secondary N) is 2. The number of aromatic nitrogens is 2. The topological polar surface area (TPSA) is 84.0 Å². The molecule has 0 amide bonds. The van der Waals surface area contributed by atoms with Crippen LogP contribution in [0.2, 0.25) is 5.02 Å². The van der Waals surface area contributed by atoms with Crippen LogP contribution < -0.4 is 4.72 Å². The van der Waals surface area contributed by atoms with Gasteiger partial charge in [0.2, 0.25) is 0 Å². The molecule has 0 aliphatic heterocycles. The molecule has 0 radical (unpaired) electrons. The van der Waals surface area contributed by atoms with E-state index in [1.54, 1.807) is 18.4 Å².